The van der Waals surface area contributed by atoms with Gasteiger partial charge in [0.15, 0.2) is 5.78 Å². The number of aromatic nitrogens is 2. The highest BCUT2D eigenvalue weighted by Crippen LogP contribution is 2.15. The van der Waals surface area contributed by atoms with E-state index in [1.807, 2.05) is 38.1 Å². The van der Waals surface area contributed by atoms with E-state index in [2.05, 4.69) is 9.59 Å². The first-order valence-corrected chi connectivity index (χ1v) is 6.38. The van der Waals surface area contributed by atoms with Gasteiger partial charge in [-0.2, -0.15) is 0 Å². The molecule has 0 aliphatic rings. The lowest BCUT2D eigenvalue weighted by Gasteiger charge is -2.01. The van der Waals surface area contributed by atoms with Crippen LogP contribution >= 0.6 is 11.5 Å². The summed E-state index contributed by atoms with van der Waals surface area (Å²) in [6, 6.07) is 8.02. The highest BCUT2D eigenvalue weighted by molar-refractivity contribution is 7.08. The largest absolute Gasteiger partial charge is 0.293 e. The van der Waals surface area contributed by atoms with Gasteiger partial charge < -0.3 is 0 Å². The lowest BCUT2D eigenvalue weighted by atomic mass is 10.0. The Morgan fingerprint density at radius 3 is 2.94 bits per heavy atom. The van der Waals surface area contributed by atoms with Gasteiger partial charge >= 0.3 is 0 Å². The normalized spacial score (nSPS) is 10.5. The third kappa shape index (κ3) is 2.77. The van der Waals surface area contributed by atoms with E-state index < -0.39 is 0 Å². The summed E-state index contributed by atoms with van der Waals surface area (Å²) in [5.41, 5.74) is 3.03. The minimum Gasteiger partial charge on any atom is -0.293 e. The summed E-state index contributed by atoms with van der Waals surface area (Å²) in [5, 5.41) is 3.96. The number of carbonyl (C=O) groups is 1. The van der Waals surface area contributed by atoms with Gasteiger partial charge in [0.25, 0.3) is 0 Å². The molecule has 0 N–H and O–H groups in total. The van der Waals surface area contributed by atoms with Gasteiger partial charge in [-0.25, -0.2) is 0 Å². The Morgan fingerprint density at radius 1 is 1.41 bits per heavy atom. The first-order valence-electron chi connectivity index (χ1n) is 5.60. The zero-order chi connectivity index (χ0) is 12.3. The van der Waals surface area contributed by atoms with E-state index in [1.165, 1.54) is 17.1 Å². The van der Waals surface area contributed by atoms with Crippen LogP contribution in [0.1, 0.15) is 33.4 Å². The lowest BCUT2D eigenvalue weighted by molar-refractivity contribution is 0.0996. The van der Waals surface area contributed by atoms with E-state index in [-0.39, 0.29) is 5.78 Å². The van der Waals surface area contributed by atoms with Crippen molar-refractivity contribution in [3.8, 4) is 0 Å². The molecule has 88 valence electrons. The van der Waals surface area contributed by atoms with E-state index >= 15 is 0 Å². The highest BCUT2D eigenvalue weighted by atomic mass is 32.1. The number of nitrogens with zero attached hydrogens (tertiary/aromatic N) is 2. The fraction of sp³-hybridized carbons (Fsp3) is 0.308. The molecule has 0 radical (unpaired) electrons. The minimum atomic E-state index is 0.113. The molecule has 1 heterocycles. The number of hydrogen-bond acceptors (Lipinski definition) is 4. The van der Waals surface area contributed by atoms with Crippen LogP contribution in [-0.4, -0.2) is 15.4 Å². The summed E-state index contributed by atoms with van der Waals surface area (Å²) in [6.07, 6.45) is 1.18. The Morgan fingerprint density at radius 2 is 2.24 bits per heavy atom. The van der Waals surface area contributed by atoms with Gasteiger partial charge in [0.2, 0.25) is 0 Å². The maximum atomic E-state index is 12.1. The molecule has 3 nitrogen and oxygen atoms in total. The smallest absolute Gasteiger partial charge is 0.180 e. The van der Waals surface area contributed by atoms with E-state index in [0.717, 1.165) is 17.7 Å². The Kier molecular flexibility index (Phi) is 3.64. The standard InChI is InChI=1S/C13H14N2OS/c1-3-11-13(17-15-14-11)12(16)8-10-6-4-5-9(2)7-10/h4-7H,3,8H2,1-2H3. The number of rotatable bonds is 4. The number of benzene rings is 1. The molecule has 4 heteroatoms. The summed E-state index contributed by atoms with van der Waals surface area (Å²) >= 11 is 1.20. The number of Topliss-reactive ketones (excluding diaryl/α,β-unsaturated/α-hetero) is 1. The van der Waals surface area contributed by atoms with Gasteiger partial charge in [-0.15, -0.1) is 5.10 Å². The molecule has 0 aliphatic carbocycles. The second kappa shape index (κ2) is 5.19. The Balaban J connectivity index is 2.17. The second-order valence-electron chi connectivity index (χ2n) is 3.99. The van der Waals surface area contributed by atoms with Gasteiger partial charge in [-0.05, 0) is 30.4 Å². The van der Waals surface area contributed by atoms with Crippen molar-refractivity contribution in [2.75, 3.05) is 0 Å². The first kappa shape index (κ1) is 11.9. The average molecular weight is 246 g/mol. The van der Waals surface area contributed by atoms with Crippen molar-refractivity contribution < 1.29 is 4.79 Å². The summed E-state index contributed by atoms with van der Waals surface area (Å²) in [7, 11) is 0. The topological polar surface area (TPSA) is 42.9 Å². The predicted octanol–water partition coefficient (Wildman–Crippen LogP) is 2.83. The molecule has 0 unspecified atom stereocenters. The van der Waals surface area contributed by atoms with Gasteiger partial charge in [0.1, 0.15) is 4.88 Å². The van der Waals surface area contributed by atoms with Gasteiger partial charge in [0.05, 0.1) is 5.69 Å². The van der Waals surface area contributed by atoms with Crippen molar-refractivity contribution in [2.45, 2.75) is 26.7 Å². The van der Waals surface area contributed by atoms with Crippen LogP contribution in [-0.2, 0) is 12.8 Å². The van der Waals surface area contributed by atoms with Crippen LogP contribution in [0.4, 0.5) is 0 Å². The Hall–Kier alpha value is -1.55. The lowest BCUT2D eigenvalue weighted by Crippen LogP contribution is -2.04. The predicted molar refractivity (Wildman–Crippen MR) is 68.5 cm³/mol. The number of carbonyl (C=O) groups excluding carboxylic acids is 1. The van der Waals surface area contributed by atoms with E-state index in [1.54, 1.807) is 0 Å². The molecular weight excluding hydrogens is 232 g/mol. The fourth-order valence-corrected chi connectivity index (χ4v) is 2.43. The van der Waals surface area contributed by atoms with Crippen LogP contribution in [0.25, 0.3) is 0 Å². The second-order valence-corrected chi connectivity index (χ2v) is 4.75. The van der Waals surface area contributed by atoms with Crippen molar-refractivity contribution in [2.24, 2.45) is 0 Å². The zero-order valence-electron chi connectivity index (χ0n) is 9.93. The molecule has 0 saturated carbocycles. The Bertz CT molecular complexity index is 534. The van der Waals surface area contributed by atoms with Gasteiger partial charge in [-0.1, -0.05) is 41.2 Å². The van der Waals surface area contributed by atoms with Gasteiger partial charge in [-0.3, -0.25) is 4.79 Å². The first-order chi connectivity index (χ1) is 8.20. The number of ketones is 1. The highest BCUT2D eigenvalue weighted by Gasteiger charge is 2.15. The Labute approximate surface area is 105 Å². The molecule has 0 fully saturated rings. The summed E-state index contributed by atoms with van der Waals surface area (Å²) in [4.78, 5) is 12.8. The molecule has 0 atom stereocenters. The third-order valence-corrected chi connectivity index (χ3v) is 3.40. The van der Waals surface area contributed by atoms with E-state index in [4.69, 9.17) is 0 Å². The van der Waals surface area contributed by atoms with Crippen molar-refractivity contribution in [1.82, 2.24) is 9.59 Å². The van der Waals surface area contributed by atoms with Crippen LogP contribution in [0, 0.1) is 6.92 Å². The average Bonchev–Trinajstić information content (AvgIpc) is 2.77. The molecule has 0 saturated heterocycles. The van der Waals surface area contributed by atoms with Crippen molar-refractivity contribution in [3.63, 3.8) is 0 Å². The molecule has 1 aromatic heterocycles. The van der Waals surface area contributed by atoms with E-state index in [9.17, 15) is 4.79 Å². The van der Waals surface area contributed by atoms with Crippen molar-refractivity contribution in [1.29, 1.82) is 0 Å². The van der Waals surface area contributed by atoms with E-state index in [0.29, 0.717) is 11.3 Å². The number of aryl methyl sites for hydroxylation is 2. The van der Waals surface area contributed by atoms with Crippen LogP contribution in [0.3, 0.4) is 0 Å². The fourth-order valence-electron chi connectivity index (χ4n) is 1.74. The molecule has 0 bridgehead atoms. The van der Waals surface area contributed by atoms with Crippen molar-refractivity contribution in [3.05, 3.63) is 46.0 Å². The molecule has 0 spiro atoms. The summed E-state index contributed by atoms with van der Waals surface area (Å²) in [5.74, 6) is 0.113. The van der Waals surface area contributed by atoms with Crippen LogP contribution in [0.2, 0.25) is 0 Å². The number of hydrogen-bond donors (Lipinski definition) is 0. The molecule has 0 amide bonds. The van der Waals surface area contributed by atoms with Crippen molar-refractivity contribution >= 4 is 17.3 Å². The van der Waals surface area contributed by atoms with Crippen LogP contribution in [0.5, 0.6) is 0 Å². The SMILES string of the molecule is CCc1nnsc1C(=O)Cc1cccc(C)c1. The van der Waals surface area contributed by atoms with Crippen LogP contribution < -0.4 is 0 Å². The summed E-state index contributed by atoms with van der Waals surface area (Å²) in [6.45, 7) is 4.01. The summed E-state index contributed by atoms with van der Waals surface area (Å²) < 4.78 is 3.84. The maximum absolute atomic E-state index is 12.1. The zero-order valence-corrected chi connectivity index (χ0v) is 10.8. The molecule has 17 heavy (non-hydrogen) atoms. The quantitative estimate of drug-likeness (QED) is 0.779. The molecule has 2 aromatic rings. The van der Waals surface area contributed by atoms with Crippen LogP contribution in [0.15, 0.2) is 24.3 Å². The third-order valence-electron chi connectivity index (χ3n) is 2.59. The maximum Gasteiger partial charge on any atom is 0.180 e. The van der Waals surface area contributed by atoms with Gasteiger partial charge in [0, 0.05) is 6.42 Å². The monoisotopic (exact) mass is 246 g/mol. The molecule has 2 rings (SSSR count). The molecule has 1 aromatic carbocycles. The molecular formula is C13H14N2OS. The molecule has 0 aliphatic heterocycles. The minimum absolute atomic E-state index is 0.113.